The Balaban J connectivity index is 2.08. The first kappa shape index (κ1) is 14.8. The fraction of sp³-hybridized carbons (Fsp3) is 0.333. The summed E-state index contributed by atoms with van der Waals surface area (Å²) in [7, 11) is 0. The minimum absolute atomic E-state index is 0.0753. The highest BCUT2D eigenvalue weighted by Crippen LogP contribution is 2.25. The van der Waals surface area contributed by atoms with Gasteiger partial charge in [-0.25, -0.2) is 0 Å². The van der Waals surface area contributed by atoms with Gasteiger partial charge in [-0.05, 0) is 24.6 Å². The molecule has 2 aromatic carbocycles. The van der Waals surface area contributed by atoms with Crippen LogP contribution in [0.2, 0.25) is 0 Å². The molecule has 0 amide bonds. The van der Waals surface area contributed by atoms with E-state index in [9.17, 15) is 0 Å². The highest BCUT2D eigenvalue weighted by Gasteiger charge is 2.16. The molecule has 2 heteroatoms. The fourth-order valence-electron chi connectivity index (χ4n) is 2.24. The predicted molar refractivity (Wildman–Crippen MR) is 83.7 cm³/mol. The normalized spacial score (nSPS) is 13.9. The van der Waals surface area contributed by atoms with Crippen molar-refractivity contribution < 1.29 is 4.74 Å². The fourth-order valence-corrected chi connectivity index (χ4v) is 2.24. The zero-order valence-electron chi connectivity index (χ0n) is 12.3. The lowest BCUT2D eigenvalue weighted by atomic mass is 10.1. The Labute approximate surface area is 121 Å². The second kappa shape index (κ2) is 7.83. The van der Waals surface area contributed by atoms with Crippen LogP contribution in [0.25, 0.3) is 0 Å². The molecule has 0 aliphatic rings. The number of hydrogen-bond donors (Lipinski definition) is 1. The minimum atomic E-state index is 0.0753. The van der Waals surface area contributed by atoms with E-state index in [1.54, 1.807) is 0 Å². The summed E-state index contributed by atoms with van der Waals surface area (Å²) in [4.78, 5) is 0. The molecule has 0 radical (unpaired) electrons. The molecule has 2 nitrogen and oxygen atoms in total. The molecule has 20 heavy (non-hydrogen) atoms. The number of nitrogens with one attached hydrogen (secondary N) is 1. The Morgan fingerprint density at radius 3 is 2.00 bits per heavy atom. The molecular formula is C18H23NO. The van der Waals surface area contributed by atoms with Crippen molar-refractivity contribution >= 4 is 0 Å². The zero-order valence-corrected chi connectivity index (χ0v) is 12.3. The van der Waals surface area contributed by atoms with Crippen molar-refractivity contribution in [1.29, 1.82) is 0 Å². The Bertz CT molecular complexity index is 483. The number of ether oxygens (including phenoxy) is 1. The molecule has 106 valence electrons. The SMILES string of the molecule is CCNCC(OC(C)c1ccccc1)c1ccccc1. The number of likely N-dealkylation sites (N-methyl/N-ethyl adjacent to an activating group) is 1. The molecule has 0 saturated heterocycles. The van der Waals surface area contributed by atoms with Gasteiger partial charge in [0, 0.05) is 6.54 Å². The van der Waals surface area contributed by atoms with Gasteiger partial charge in [0.25, 0.3) is 0 Å². The van der Waals surface area contributed by atoms with E-state index in [1.165, 1.54) is 11.1 Å². The quantitative estimate of drug-likeness (QED) is 0.816. The molecule has 1 N–H and O–H groups in total. The van der Waals surface area contributed by atoms with E-state index in [1.807, 2.05) is 12.1 Å². The summed E-state index contributed by atoms with van der Waals surface area (Å²) in [6, 6.07) is 20.8. The van der Waals surface area contributed by atoms with Crippen LogP contribution in [0.3, 0.4) is 0 Å². The average Bonchev–Trinajstić information content (AvgIpc) is 2.53. The van der Waals surface area contributed by atoms with Crippen LogP contribution in [-0.4, -0.2) is 13.1 Å². The van der Waals surface area contributed by atoms with Crippen molar-refractivity contribution in [3.63, 3.8) is 0 Å². The molecule has 0 aromatic heterocycles. The smallest absolute Gasteiger partial charge is 0.0957 e. The van der Waals surface area contributed by atoms with Crippen LogP contribution in [0.5, 0.6) is 0 Å². The third kappa shape index (κ3) is 4.19. The summed E-state index contributed by atoms with van der Waals surface area (Å²) in [5.41, 5.74) is 2.43. The van der Waals surface area contributed by atoms with Crippen LogP contribution < -0.4 is 5.32 Å². The van der Waals surface area contributed by atoms with Crippen molar-refractivity contribution in [1.82, 2.24) is 5.32 Å². The van der Waals surface area contributed by atoms with Gasteiger partial charge in [0.1, 0.15) is 0 Å². The Kier molecular flexibility index (Phi) is 5.78. The summed E-state index contributed by atoms with van der Waals surface area (Å²) in [6.45, 7) is 6.00. The van der Waals surface area contributed by atoms with E-state index in [4.69, 9.17) is 4.74 Å². The molecule has 2 aromatic rings. The monoisotopic (exact) mass is 269 g/mol. The largest absolute Gasteiger partial charge is 0.365 e. The van der Waals surface area contributed by atoms with Gasteiger partial charge in [-0.2, -0.15) is 0 Å². The van der Waals surface area contributed by atoms with E-state index in [0.29, 0.717) is 0 Å². The van der Waals surface area contributed by atoms with Crippen LogP contribution in [0.15, 0.2) is 60.7 Å². The number of hydrogen-bond acceptors (Lipinski definition) is 2. The van der Waals surface area contributed by atoms with Crippen LogP contribution in [-0.2, 0) is 4.74 Å². The van der Waals surface area contributed by atoms with Gasteiger partial charge < -0.3 is 10.1 Å². The third-order valence-electron chi connectivity index (χ3n) is 3.39. The summed E-state index contributed by atoms with van der Waals surface area (Å²) in [5.74, 6) is 0. The lowest BCUT2D eigenvalue weighted by Gasteiger charge is -2.23. The highest BCUT2D eigenvalue weighted by molar-refractivity contribution is 5.20. The van der Waals surface area contributed by atoms with Crippen molar-refractivity contribution in [2.75, 3.05) is 13.1 Å². The van der Waals surface area contributed by atoms with E-state index in [-0.39, 0.29) is 12.2 Å². The Morgan fingerprint density at radius 1 is 0.900 bits per heavy atom. The first-order valence-electron chi connectivity index (χ1n) is 7.27. The van der Waals surface area contributed by atoms with E-state index >= 15 is 0 Å². The molecule has 2 rings (SSSR count). The molecule has 0 heterocycles. The predicted octanol–water partition coefficient (Wildman–Crippen LogP) is 4.12. The molecule has 0 saturated carbocycles. The summed E-state index contributed by atoms with van der Waals surface area (Å²) < 4.78 is 6.26. The van der Waals surface area contributed by atoms with Gasteiger partial charge in [-0.3, -0.25) is 0 Å². The molecule has 0 aliphatic heterocycles. The molecule has 2 unspecified atom stereocenters. The molecular weight excluding hydrogens is 246 g/mol. The minimum Gasteiger partial charge on any atom is -0.365 e. The van der Waals surface area contributed by atoms with Crippen LogP contribution in [0.4, 0.5) is 0 Å². The van der Waals surface area contributed by atoms with Gasteiger partial charge in [-0.15, -0.1) is 0 Å². The van der Waals surface area contributed by atoms with E-state index < -0.39 is 0 Å². The first-order chi connectivity index (χ1) is 9.81. The standard InChI is InChI=1S/C18H23NO/c1-3-19-14-18(17-12-8-5-9-13-17)20-15(2)16-10-6-4-7-11-16/h4-13,15,18-19H,3,14H2,1-2H3. The summed E-state index contributed by atoms with van der Waals surface area (Å²) >= 11 is 0. The molecule has 0 fully saturated rings. The first-order valence-corrected chi connectivity index (χ1v) is 7.27. The van der Waals surface area contributed by atoms with Gasteiger partial charge in [0.15, 0.2) is 0 Å². The van der Waals surface area contributed by atoms with Gasteiger partial charge in [-0.1, -0.05) is 67.6 Å². The molecule has 0 aliphatic carbocycles. The lowest BCUT2D eigenvalue weighted by molar-refractivity contribution is -0.00409. The zero-order chi connectivity index (χ0) is 14.2. The topological polar surface area (TPSA) is 21.3 Å². The maximum atomic E-state index is 6.26. The molecule has 2 atom stereocenters. The lowest BCUT2D eigenvalue weighted by Crippen LogP contribution is -2.24. The van der Waals surface area contributed by atoms with Crippen LogP contribution >= 0.6 is 0 Å². The average molecular weight is 269 g/mol. The van der Waals surface area contributed by atoms with Crippen molar-refractivity contribution in [2.45, 2.75) is 26.1 Å². The van der Waals surface area contributed by atoms with Crippen molar-refractivity contribution in [2.24, 2.45) is 0 Å². The maximum absolute atomic E-state index is 6.26. The van der Waals surface area contributed by atoms with Gasteiger partial charge in [0.05, 0.1) is 12.2 Å². The number of benzene rings is 2. The van der Waals surface area contributed by atoms with Crippen molar-refractivity contribution in [3.05, 3.63) is 71.8 Å². The van der Waals surface area contributed by atoms with Crippen LogP contribution in [0.1, 0.15) is 37.2 Å². The van der Waals surface area contributed by atoms with Crippen LogP contribution in [0, 0.1) is 0 Å². The highest BCUT2D eigenvalue weighted by atomic mass is 16.5. The van der Waals surface area contributed by atoms with Crippen molar-refractivity contribution in [3.8, 4) is 0 Å². The van der Waals surface area contributed by atoms with Gasteiger partial charge >= 0.3 is 0 Å². The van der Waals surface area contributed by atoms with Gasteiger partial charge in [0.2, 0.25) is 0 Å². The molecule has 0 spiro atoms. The Morgan fingerprint density at radius 2 is 1.45 bits per heavy atom. The second-order valence-electron chi connectivity index (χ2n) is 4.90. The van der Waals surface area contributed by atoms with E-state index in [2.05, 4.69) is 67.7 Å². The second-order valence-corrected chi connectivity index (χ2v) is 4.90. The maximum Gasteiger partial charge on any atom is 0.0957 e. The third-order valence-corrected chi connectivity index (χ3v) is 3.39. The molecule has 0 bridgehead atoms. The van der Waals surface area contributed by atoms with E-state index in [0.717, 1.165) is 13.1 Å². The summed E-state index contributed by atoms with van der Waals surface area (Å²) in [6.07, 6.45) is 0.159. The number of rotatable bonds is 7. The summed E-state index contributed by atoms with van der Waals surface area (Å²) in [5, 5.41) is 3.38. The Hall–Kier alpha value is -1.64.